The van der Waals surface area contributed by atoms with Crippen LogP contribution in [0.3, 0.4) is 0 Å². The molecule has 0 atom stereocenters. The summed E-state index contributed by atoms with van der Waals surface area (Å²) in [6.45, 7) is 0. The first-order valence-electron chi connectivity index (χ1n) is 8.21. The van der Waals surface area contributed by atoms with Gasteiger partial charge in [0.05, 0.1) is 11.9 Å². The number of hydrogen-bond donors (Lipinski definition) is 1. The van der Waals surface area contributed by atoms with Gasteiger partial charge in [0, 0.05) is 16.1 Å². The molecule has 1 N–H and O–H groups in total. The van der Waals surface area contributed by atoms with Gasteiger partial charge in [0.2, 0.25) is 0 Å². The second-order valence-corrected chi connectivity index (χ2v) is 6.06. The zero-order valence-corrected chi connectivity index (χ0v) is 15.0. The fourth-order valence-corrected chi connectivity index (χ4v) is 2.54. The Bertz CT molecular complexity index is 1010. The molecule has 0 bridgehead atoms. The lowest BCUT2D eigenvalue weighted by Crippen LogP contribution is -1.96. The summed E-state index contributed by atoms with van der Waals surface area (Å²) in [4.78, 5) is 0. The molecule has 3 nitrogen and oxygen atoms in total. The van der Waals surface area contributed by atoms with Gasteiger partial charge in [-0.15, -0.1) is 0 Å². The predicted molar refractivity (Wildman–Crippen MR) is 109 cm³/mol. The summed E-state index contributed by atoms with van der Waals surface area (Å²) in [7, 11) is 0. The molecule has 0 aliphatic heterocycles. The average Bonchev–Trinajstić information content (AvgIpc) is 2.68. The molecule has 3 rings (SSSR count). The zero-order chi connectivity index (χ0) is 19.1. The molecule has 0 spiro atoms. The van der Waals surface area contributed by atoms with Crippen molar-refractivity contribution in [2.24, 2.45) is 10.2 Å². The van der Waals surface area contributed by atoms with E-state index in [4.69, 9.17) is 11.6 Å². The molecule has 134 valence electrons. The van der Waals surface area contributed by atoms with Crippen LogP contribution in [-0.2, 0) is 0 Å². The molecule has 0 aliphatic carbocycles. The standard InChI is InChI=1S/C22H16ClFN2O/c23-20-7-3-1-5-16(20)11-14-21(17-9-12-19(24)13-10-17)26-25-15-18-6-2-4-8-22(18)27/h1-15,27H. The first kappa shape index (κ1) is 18.5. The lowest BCUT2D eigenvalue weighted by Gasteiger charge is -2.01. The number of phenols is 1. The molecule has 0 unspecified atom stereocenters. The number of hydrogen-bond acceptors (Lipinski definition) is 3. The van der Waals surface area contributed by atoms with E-state index in [0.717, 1.165) is 5.56 Å². The molecule has 0 saturated heterocycles. The SMILES string of the molecule is Oc1ccccc1C=NN=C(C=Cc1ccccc1Cl)c1ccc(F)cc1. The van der Waals surface area contributed by atoms with Crippen LogP contribution in [0.25, 0.3) is 6.08 Å². The summed E-state index contributed by atoms with van der Waals surface area (Å²) in [5.74, 6) is -0.211. The Morgan fingerprint density at radius 3 is 2.26 bits per heavy atom. The van der Waals surface area contributed by atoms with E-state index in [-0.39, 0.29) is 11.6 Å². The molecule has 3 aromatic rings. The van der Waals surface area contributed by atoms with Gasteiger partial charge in [0.1, 0.15) is 11.6 Å². The number of allylic oxidation sites excluding steroid dienone is 1. The molecule has 3 aromatic carbocycles. The van der Waals surface area contributed by atoms with Crippen LogP contribution in [0.2, 0.25) is 5.02 Å². The van der Waals surface area contributed by atoms with Crippen LogP contribution in [0.1, 0.15) is 16.7 Å². The monoisotopic (exact) mass is 378 g/mol. The largest absolute Gasteiger partial charge is 0.507 e. The minimum atomic E-state index is -0.328. The lowest BCUT2D eigenvalue weighted by molar-refractivity contribution is 0.474. The van der Waals surface area contributed by atoms with Crippen molar-refractivity contribution in [3.63, 3.8) is 0 Å². The molecule has 0 amide bonds. The maximum absolute atomic E-state index is 13.2. The topological polar surface area (TPSA) is 45.0 Å². The third kappa shape index (κ3) is 5.12. The number of halogens is 2. The Hall–Kier alpha value is -3.24. The van der Waals surface area contributed by atoms with E-state index in [1.165, 1.54) is 18.3 Å². The first-order valence-corrected chi connectivity index (χ1v) is 8.59. The van der Waals surface area contributed by atoms with Crippen LogP contribution in [0.4, 0.5) is 4.39 Å². The van der Waals surface area contributed by atoms with Gasteiger partial charge in [-0.25, -0.2) is 4.39 Å². The van der Waals surface area contributed by atoms with Crippen molar-refractivity contribution in [1.29, 1.82) is 0 Å². The maximum atomic E-state index is 13.2. The Morgan fingerprint density at radius 1 is 0.889 bits per heavy atom. The highest BCUT2D eigenvalue weighted by Crippen LogP contribution is 2.17. The van der Waals surface area contributed by atoms with Crippen LogP contribution >= 0.6 is 11.6 Å². The van der Waals surface area contributed by atoms with Gasteiger partial charge < -0.3 is 5.11 Å². The van der Waals surface area contributed by atoms with Crippen molar-refractivity contribution in [3.8, 4) is 5.75 Å². The fraction of sp³-hybridized carbons (Fsp3) is 0. The van der Waals surface area contributed by atoms with Crippen LogP contribution in [-0.4, -0.2) is 17.0 Å². The molecular formula is C22H16ClFN2O. The lowest BCUT2D eigenvalue weighted by atomic mass is 10.1. The molecular weight excluding hydrogens is 363 g/mol. The first-order chi connectivity index (χ1) is 13.1. The highest BCUT2D eigenvalue weighted by molar-refractivity contribution is 6.32. The minimum Gasteiger partial charge on any atom is -0.507 e. The van der Waals surface area contributed by atoms with Crippen LogP contribution in [0.5, 0.6) is 5.75 Å². The Morgan fingerprint density at radius 2 is 1.56 bits per heavy atom. The van der Waals surface area contributed by atoms with Crippen molar-refractivity contribution >= 4 is 29.6 Å². The molecule has 0 fully saturated rings. The summed E-state index contributed by atoms with van der Waals surface area (Å²) in [6.07, 6.45) is 5.04. The predicted octanol–water partition coefficient (Wildman–Crippen LogP) is 5.72. The second-order valence-electron chi connectivity index (χ2n) is 5.65. The van der Waals surface area contributed by atoms with E-state index in [1.54, 1.807) is 48.5 Å². The van der Waals surface area contributed by atoms with Crippen molar-refractivity contribution in [3.05, 3.63) is 106 Å². The smallest absolute Gasteiger partial charge is 0.124 e. The van der Waals surface area contributed by atoms with Gasteiger partial charge in [0.15, 0.2) is 0 Å². The van der Waals surface area contributed by atoms with Crippen molar-refractivity contribution in [1.82, 2.24) is 0 Å². The summed E-state index contributed by atoms with van der Waals surface area (Å²) < 4.78 is 13.2. The molecule has 0 aliphatic rings. The van der Waals surface area contributed by atoms with E-state index in [1.807, 2.05) is 24.3 Å². The van der Waals surface area contributed by atoms with E-state index in [0.29, 0.717) is 21.9 Å². The zero-order valence-electron chi connectivity index (χ0n) is 14.3. The molecule has 0 aromatic heterocycles. The molecule has 27 heavy (non-hydrogen) atoms. The number of para-hydroxylation sites is 1. The van der Waals surface area contributed by atoms with Gasteiger partial charge in [-0.1, -0.05) is 48.0 Å². The van der Waals surface area contributed by atoms with Crippen molar-refractivity contribution in [2.75, 3.05) is 0 Å². The van der Waals surface area contributed by atoms with E-state index in [9.17, 15) is 9.50 Å². The van der Waals surface area contributed by atoms with Crippen LogP contribution in [0, 0.1) is 5.82 Å². The van der Waals surface area contributed by atoms with Crippen LogP contribution < -0.4 is 0 Å². The van der Waals surface area contributed by atoms with Crippen molar-refractivity contribution < 1.29 is 9.50 Å². The Labute approximate surface area is 161 Å². The third-order valence-corrected chi connectivity index (χ3v) is 4.11. The van der Waals surface area contributed by atoms with Gasteiger partial charge in [0.25, 0.3) is 0 Å². The van der Waals surface area contributed by atoms with Gasteiger partial charge in [-0.3, -0.25) is 0 Å². The summed E-state index contributed by atoms with van der Waals surface area (Å²) in [5.41, 5.74) is 2.61. The average molecular weight is 379 g/mol. The summed E-state index contributed by atoms with van der Waals surface area (Å²) in [5, 5.41) is 18.7. The third-order valence-electron chi connectivity index (χ3n) is 3.77. The van der Waals surface area contributed by atoms with E-state index >= 15 is 0 Å². The van der Waals surface area contributed by atoms with Crippen LogP contribution in [0.15, 0.2) is 89.1 Å². The van der Waals surface area contributed by atoms with Gasteiger partial charge in [-0.2, -0.15) is 10.2 Å². The molecule has 0 radical (unpaired) electrons. The summed E-state index contributed by atoms with van der Waals surface area (Å²) >= 11 is 6.18. The number of aromatic hydroxyl groups is 1. The fourth-order valence-electron chi connectivity index (χ4n) is 2.34. The molecule has 0 heterocycles. The molecule has 5 heteroatoms. The normalized spacial score (nSPS) is 12.1. The number of nitrogens with zero attached hydrogens (tertiary/aromatic N) is 2. The quantitative estimate of drug-likeness (QED) is 0.447. The summed E-state index contributed by atoms with van der Waals surface area (Å²) in [6, 6.07) is 20.2. The molecule has 0 saturated carbocycles. The Kier molecular flexibility index (Phi) is 6.13. The van der Waals surface area contributed by atoms with Gasteiger partial charge in [-0.05, 0) is 54.1 Å². The Balaban J connectivity index is 1.93. The highest BCUT2D eigenvalue weighted by atomic mass is 35.5. The van der Waals surface area contributed by atoms with Crippen molar-refractivity contribution in [2.45, 2.75) is 0 Å². The second kappa shape index (κ2) is 8.92. The minimum absolute atomic E-state index is 0.117. The number of benzene rings is 3. The van der Waals surface area contributed by atoms with Gasteiger partial charge >= 0.3 is 0 Å². The maximum Gasteiger partial charge on any atom is 0.124 e. The highest BCUT2D eigenvalue weighted by Gasteiger charge is 2.02. The van der Waals surface area contributed by atoms with E-state index < -0.39 is 0 Å². The number of rotatable bonds is 5. The number of phenolic OH excluding ortho intramolecular Hbond substituents is 1. The van der Waals surface area contributed by atoms with E-state index in [2.05, 4.69) is 10.2 Å².